The summed E-state index contributed by atoms with van der Waals surface area (Å²) in [5, 5.41) is 9.23. The second-order valence-corrected chi connectivity index (χ2v) is 4.77. The second-order valence-electron chi connectivity index (χ2n) is 4.77. The van der Waals surface area contributed by atoms with Gasteiger partial charge in [-0.3, -0.25) is 0 Å². The van der Waals surface area contributed by atoms with E-state index in [1.54, 1.807) is 13.0 Å². The normalized spacial score (nSPS) is 11.3. The third kappa shape index (κ3) is 3.05. The molecule has 0 atom stereocenters. The van der Waals surface area contributed by atoms with Crippen molar-refractivity contribution in [2.75, 3.05) is 7.11 Å². The minimum absolute atomic E-state index is 0.0432. The number of benzene rings is 2. The molecule has 2 aromatic carbocycles. The van der Waals surface area contributed by atoms with Crippen LogP contribution in [0.2, 0.25) is 0 Å². The van der Waals surface area contributed by atoms with Gasteiger partial charge in [0.25, 0.3) is 0 Å². The van der Waals surface area contributed by atoms with E-state index in [0.717, 1.165) is 13.2 Å². The summed E-state index contributed by atoms with van der Waals surface area (Å²) in [5.41, 5.74) is 0.130. The molecule has 0 radical (unpaired) electrons. The topological polar surface area (TPSA) is 46.5 Å². The minimum atomic E-state index is -4.59. The molecular formula is C16H13F3O3. The van der Waals surface area contributed by atoms with Crippen LogP contribution in [0.4, 0.5) is 13.2 Å². The largest absolute Gasteiger partial charge is 0.496 e. The molecule has 116 valence electrons. The van der Waals surface area contributed by atoms with Crippen LogP contribution >= 0.6 is 0 Å². The lowest BCUT2D eigenvalue weighted by molar-refractivity contribution is -0.138. The van der Waals surface area contributed by atoms with E-state index in [-0.39, 0.29) is 22.4 Å². The molecule has 22 heavy (non-hydrogen) atoms. The van der Waals surface area contributed by atoms with Crippen LogP contribution < -0.4 is 4.74 Å². The molecule has 0 unspecified atom stereocenters. The lowest BCUT2D eigenvalue weighted by Crippen LogP contribution is -2.08. The van der Waals surface area contributed by atoms with E-state index in [1.807, 2.05) is 0 Å². The first-order valence-electron chi connectivity index (χ1n) is 6.33. The van der Waals surface area contributed by atoms with Crippen LogP contribution in [0, 0.1) is 6.92 Å². The van der Waals surface area contributed by atoms with Gasteiger partial charge in [0.1, 0.15) is 5.75 Å². The monoisotopic (exact) mass is 310 g/mol. The van der Waals surface area contributed by atoms with Crippen LogP contribution in [0.1, 0.15) is 21.5 Å². The van der Waals surface area contributed by atoms with Gasteiger partial charge >= 0.3 is 12.1 Å². The number of carboxylic acids is 1. The van der Waals surface area contributed by atoms with Crippen molar-refractivity contribution in [3.63, 3.8) is 0 Å². The lowest BCUT2D eigenvalue weighted by Gasteiger charge is -2.14. The Hall–Kier alpha value is -2.50. The molecule has 0 heterocycles. The maximum atomic E-state index is 13.1. The van der Waals surface area contributed by atoms with Crippen LogP contribution in [0.3, 0.4) is 0 Å². The number of hydrogen-bond acceptors (Lipinski definition) is 2. The Bertz CT molecular complexity index is 721. The molecule has 0 amide bonds. The number of aromatic carboxylic acids is 1. The number of alkyl halides is 3. The van der Waals surface area contributed by atoms with Gasteiger partial charge < -0.3 is 9.84 Å². The van der Waals surface area contributed by atoms with Gasteiger partial charge in [-0.15, -0.1) is 0 Å². The van der Waals surface area contributed by atoms with Gasteiger partial charge in [-0.25, -0.2) is 4.79 Å². The van der Waals surface area contributed by atoms with Crippen molar-refractivity contribution in [1.82, 2.24) is 0 Å². The van der Waals surface area contributed by atoms with Gasteiger partial charge in [0.15, 0.2) is 0 Å². The molecule has 3 nitrogen and oxygen atoms in total. The zero-order valence-corrected chi connectivity index (χ0v) is 11.9. The summed E-state index contributed by atoms with van der Waals surface area (Å²) in [4.78, 5) is 11.3. The van der Waals surface area contributed by atoms with Crippen LogP contribution in [-0.2, 0) is 6.18 Å². The van der Waals surface area contributed by atoms with E-state index >= 15 is 0 Å². The summed E-state index contributed by atoms with van der Waals surface area (Å²) in [5.74, 6) is -1.50. The maximum absolute atomic E-state index is 13.1. The number of ether oxygens (including phenoxy) is 1. The fraction of sp³-hybridized carbons (Fsp3) is 0.188. The number of halogens is 3. The van der Waals surface area contributed by atoms with E-state index in [2.05, 4.69) is 0 Å². The molecule has 0 fully saturated rings. The number of hydrogen-bond donors (Lipinski definition) is 1. The van der Waals surface area contributed by atoms with Gasteiger partial charge in [0.2, 0.25) is 0 Å². The highest BCUT2D eigenvalue weighted by Crippen LogP contribution is 2.39. The SMILES string of the molecule is COc1ccc(-c2ccc(C)cc2C(=O)O)cc1C(F)(F)F. The second kappa shape index (κ2) is 5.71. The molecular weight excluding hydrogens is 297 g/mol. The number of carboxylic acid groups (broad SMARTS) is 1. The van der Waals surface area contributed by atoms with Gasteiger partial charge in [0, 0.05) is 0 Å². The highest BCUT2D eigenvalue weighted by molar-refractivity contribution is 5.96. The molecule has 6 heteroatoms. The van der Waals surface area contributed by atoms with Gasteiger partial charge in [0.05, 0.1) is 18.2 Å². The molecule has 0 aliphatic carbocycles. The third-order valence-corrected chi connectivity index (χ3v) is 3.22. The van der Waals surface area contributed by atoms with E-state index in [0.29, 0.717) is 5.56 Å². The molecule has 0 spiro atoms. The molecule has 0 aliphatic rings. The average Bonchev–Trinajstić information content (AvgIpc) is 2.45. The summed E-state index contributed by atoms with van der Waals surface area (Å²) in [6, 6.07) is 8.07. The summed E-state index contributed by atoms with van der Waals surface area (Å²) in [6.07, 6.45) is -4.59. The zero-order valence-electron chi connectivity index (χ0n) is 11.9. The van der Waals surface area contributed by atoms with Gasteiger partial charge in [-0.05, 0) is 36.2 Å². The molecule has 1 N–H and O–H groups in total. The van der Waals surface area contributed by atoms with Crippen LogP contribution in [0.25, 0.3) is 11.1 Å². The molecule has 2 aromatic rings. The molecule has 2 rings (SSSR count). The quantitative estimate of drug-likeness (QED) is 0.914. The molecule has 0 saturated carbocycles. The van der Waals surface area contributed by atoms with Crippen molar-refractivity contribution in [2.45, 2.75) is 13.1 Å². The van der Waals surface area contributed by atoms with Gasteiger partial charge in [-0.1, -0.05) is 23.8 Å². The Morgan fingerprint density at radius 1 is 1.14 bits per heavy atom. The van der Waals surface area contributed by atoms with E-state index < -0.39 is 17.7 Å². The summed E-state index contributed by atoms with van der Waals surface area (Å²) in [6.45, 7) is 1.71. The van der Waals surface area contributed by atoms with E-state index in [9.17, 15) is 23.1 Å². The Morgan fingerprint density at radius 3 is 2.36 bits per heavy atom. The molecule has 0 saturated heterocycles. The van der Waals surface area contributed by atoms with E-state index in [4.69, 9.17) is 4.74 Å². The van der Waals surface area contributed by atoms with Crippen LogP contribution in [-0.4, -0.2) is 18.2 Å². The highest BCUT2D eigenvalue weighted by Gasteiger charge is 2.34. The first-order valence-corrected chi connectivity index (χ1v) is 6.33. The van der Waals surface area contributed by atoms with E-state index in [1.165, 1.54) is 24.3 Å². The molecule has 0 aliphatic heterocycles. The maximum Gasteiger partial charge on any atom is 0.419 e. The van der Waals surface area contributed by atoms with Crippen molar-refractivity contribution in [2.24, 2.45) is 0 Å². The Labute approximate surface area is 125 Å². The van der Waals surface area contributed by atoms with Crippen molar-refractivity contribution < 1.29 is 27.8 Å². The molecule has 0 aromatic heterocycles. The zero-order chi connectivity index (χ0) is 16.5. The fourth-order valence-corrected chi connectivity index (χ4v) is 2.18. The number of methoxy groups -OCH3 is 1. The Morgan fingerprint density at radius 2 is 1.82 bits per heavy atom. The Balaban J connectivity index is 2.67. The van der Waals surface area contributed by atoms with Crippen LogP contribution in [0.15, 0.2) is 36.4 Å². The van der Waals surface area contributed by atoms with Crippen molar-refractivity contribution in [3.8, 4) is 16.9 Å². The Kier molecular flexibility index (Phi) is 4.12. The highest BCUT2D eigenvalue weighted by atomic mass is 19.4. The van der Waals surface area contributed by atoms with Gasteiger partial charge in [-0.2, -0.15) is 13.2 Å². The first-order chi connectivity index (χ1) is 10.2. The predicted octanol–water partition coefficient (Wildman–Crippen LogP) is 4.39. The summed E-state index contributed by atoms with van der Waals surface area (Å²) < 4.78 is 43.9. The predicted molar refractivity (Wildman–Crippen MR) is 75.1 cm³/mol. The summed E-state index contributed by atoms with van der Waals surface area (Å²) in [7, 11) is 1.15. The average molecular weight is 310 g/mol. The smallest absolute Gasteiger partial charge is 0.419 e. The minimum Gasteiger partial charge on any atom is -0.496 e. The van der Waals surface area contributed by atoms with Crippen molar-refractivity contribution in [1.29, 1.82) is 0 Å². The van der Waals surface area contributed by atoms with Crippen LogP contribution in [0.5, 0.6) is 5.75 Å². The summed E-state index contributed by atoms with van der Waals surface area (Å²) >= 11 is 0. The standard InChI is InChI=1S/C16H13F3O3/c1-9-3-5-11(12(7-9)15(20)21)10-4-6-14(22-2)13(8-10)16(17,18)19/h3-8H,1-2H3,(H,20,21). The number of carbonyl (C=O) groups is 1. The number of aryl methyl sites for hydroxylation is 1. The van der Waals surface area contributed by atoms with Crippen molar-refractivity contribution in [3.05, 3.63) is 53.1 Å². The van der Waals surface area contributed by atoms with Crippen molar-refractivity contribution >= 4 is 5.97 Å². The fourth-order valence-electron chi connectivity index (χ4n) is 2.18. The lowest BCUT2D eigenvalue weighted by atomic mass is 9.96. The number of rotatable bonds is 3. The first kappa shape index (κ1) is 15.9. The third-order valence-electron chi connectivity index (χ3n) is 3.22. The molecule has 0 bridgehead atoms.